The van der Waals surface area contributed by atoms with Crippen molar-refractivity contribution in [2.75, 3.05) is 6.54 Å². The summed E-state index contributed by atoms with van der Waals surface area (Å²) in [6, 6.07) is 0. The van der Waals surface area contributed by atoms with Crippen LogP contribution in [0.15, 0.2) is 36.2 Å². The van der Waals surface area contributed by atoms with Crippen molar-refractivity contribution >= 4 is 0 Å². The Labute approximate surface area is 74.8 Å². The summed E-state index contributed by atoms with van der Waals surface area (Å²) in [4.78, 5) is 1.09. The van der Waals surface area contributed by atoms with Crippen molar-refractivity contribution in [2.24, 2.45) is 0 Å². The Morgan fingerprint density at radius 1 is 1.38 bits per heavy atom. The molecule has 0 atom stereocenters. The predicted molar refractivity (Wildman–Crippen MR) is 44.8 cm³/mol. The predicted octanol–water partition coefficient (Wildman–Crippen LogP) is 2.84. The Hall–Kier alpha value is -1.19. The van der Waals surface area contributed by atoms with Gasteiger partial charge in [0, 0.05) is 11.9 Å². The zero-order valence-electron chi connectivity index (χ0n) is 7.23. The van der Waals surface area contributed by atoms with Crippen molar-refractivity contribution in [3.05, 3.63) is 36.2 Å². The maximum absolute atomic E-state index is 12.0. The van der Waals surface area contributed by atoms with E-state index >= 15 is 0 Å². The first kappa shape index (κ1) is 9.89. The lowest BCUT2D eigenvalue weighted by molar-refractivity contribution is -0.136. The summed E-state index contributed by atoms with van der Waals surface area (Å²) in [5, 5.41) is 0. The fourth-order valence-electron chi connectivity index (χ4n) is 1.04. The largest absolute Gasteiger partial charge is 0.406 e. The Morgan fingerprint density at radius 3 is 2.54 bits per heavy atom. The van der Waals surface area contributed by atoms with Crippen molar-refractivity contribution in [3.63, 3.8) is 0 Å². The smallest absolute Gasteiger partial charge is 0.339 e. The standard InChI is InChI=1S/C9H10F3N/c1-7-3-4-8(2)13(5-7)6-9(10,11)12/h3-5H,2,6H2,1H3. The molecule has 0 fully saturated rings. The number of nitrogens with zero attached hydrogens (tertiary/aromatic N) is 1. The van der Waals surface area contributed by atoms with Crippen molar-refractivity contribution in [2.45, 2.75) is 13.1 Å². The molecule has 72 valence electrons. The summed E-state index contributed by atoms with van der Waals surface area (Å²) in [6.07, 6.45) is 0.553. The third-order valence-corrected chi connectivity index (χ3v) is 1.62. The molecule has 1 heterocycles. The number of alkyl halides is 3. The maximum atomic E-state index is 12.0. The molecule has 0 saturated carbocycles. The normalized spacial score (nSPS) is 17.7. The van der Waals surface area contributed by atoms with Gasteiger partial charge in [0.1, 0.15) is 6.54 Å². The van der Waals surface area contributed by atoms with Crippen LogP contribution in [0.2, 0.25) is 0 Å². The van der Waals surface area contributed by atoms with Gasteiger partial charge in [0.25, 0.3) is 0 Å². The zero-order chi connectivity index (χ0) is 10.1. The molecule has 0 saturated heterocycles. The summed E-state index contributed by atoms with van der Waals surface area (Å²) >= 11 is 0. The van der Waals surface area contributed by atoms with Gasteiger partial charge in [-0.3, -0.25) is 0 Å². The van der Waals surface area contributed by atoms with Crippen molar-refractivity contribution in [3.8, 4) is 0 Å². The van der Waals surface area contributed by atoms with Crippen LogP contribution in [0.1, 0.15) is 6.92 Å². The van der Waals surface area contributed by atoms with Gasteiger partial charge in [-0.2, -0.15) is 13.2 Å². The van der Waals surface area contributed by atoms with Gasteiger partial charge in [-0.1, -0.05) is 12.7 Å². The van der Waals surface area contributed by atoms with E-state index in [2.05, 4.69) is 6.58 Å². The van der Waals surface area contributed by atoms with Gasteiger partial charge in [0.05, 0.1) is 0 Å². The Bertz CT molecular complexity index is 273. The fourth-order valence-corrected chi connectivity index (χ4v) is 1.04. The van der Waals surface area contributed by atoms with E-state index in [9.17, 15) is 13.2 Å². The number of allylic oxidation sites excluding steroid dienone is 3. The highest BCUT2D eigenvalue weighted by molar-refractivity contribution is 5.31. The quantitative estimate of drug-likeness (QED) is 0.613. The van der Waals surface area contributed by atoms with E-state index in [1.165, 1.54) is 6.20 Å². The van der Waals surface area contributed by atoms with Gasteiger partial charge >= 0.3 is 6.18 Å². The van der Waals surface area contributed by atoms with E-state index in [0.717, 1.165) is 10.5 Å². The Balaban J connectivity index is 2.71. The molecule has 4 heteroatoms. The summed E-state index contributed by atoms with van der Waals surface area (Å²) in [5.41, 5.74) is 1.15. The van der Waals surface area contributed by atoms with E-state index in [4.69, 9.17) is 0 Å². The molecule has 1 rings (SSSR count). The summed E-state index contributed by atoms with van der Waals surface area (Å²) in [5.74, 6) is 0. The lowest BCUT2D eigenvalue weighted by Crippen LogP contribution is -2.30. The first-order chi connectivity index (χ1) is 5.88. The molecule has 0 radical (unpaired) electrons. The third-order valence-electron chi connectivity index (χ3n) is 1.62. The number of halogens is 3. The van der Waals surface area contributed by atoms with Gasteiger partial charge in [-0.25, -0.2) is 0 Å². The topological polar surface area (TPSA) is 3.24 Å². The molecular formula is C9H10F3N. The fraction of sp³-hybridized carbons (Fsp3) is 0.333. The van der Waals surface area contributed by atoms with E-state index < -0.39 is 12.7 Å². The average molecular weight is 189 g/mol. The molecule has 0 aliphatic carbocycles. The second-order valence-electron chi connectivity index (χ2n) is 2.94. The summed E-state index contributed by atoms with van der Waals surface area (Å²) in [6.45, 7) is 4.27. The summed E-state index contributed by atoms with van der Waals surface area (Å²) in [7, 11) is 0. The summed E-state index contributed by atoms with van der Waals surface area (Å²) < 4.78 is 36.0. The van der Waals surface area contributed by atoms with Crippen molar-refractivity contribution in [1.29, 1.82) is 0 Å². The maximum Gasteiger partial charge on any atom is 0.406 e. The van der Waals surface area contributed by atoms with Gasteiger partial charge in [0.2, 0.25) is 0 Å². The molecule has 0 aromatic rings. The van der Waals surface area contributed by atoms with Gasteiger partial charge in [-0.15, -0.1) is 0 Å². The molecule has 0 spiro atoms. The monoisotopic (exact) mass is 189 g/mol. The molecule has 13 heavy (non-hydrogen) atoms. The molecule has 0 N–H and O–H groups in total. The van der Waals surface area contributed by atoms with E-state index in [1.807, 2.05) is 0 Å². The van der Waals surface area contributed by atoms with Crippen molar-refractivity contribution < 1.29 is 13.2 Å². The molecule has 0 aromatic carbocycles. The van der Waals surface area contributed by atoms with Crippen molar-refractivity contribution in [1.82, 2.24) is 4.90 Å². The van der Waals surface area contributed by atoms with Crippen LogP contribution in [0.25, 0.3) is 0 Å². The van der Waals surface area contributed by atoms with Gasteiger partial charge in [0.15, 0.2) is 0 Å². The average Bonchev–Trinajstić information content (AvgIpc) is 1.94. The third kappa shape index (κ3) is 2.97. The SMILES string of the molecule is C=C1C=CC(C)=CN1CC(F)(F)F. The van der Waals surface area contributed by atoms with Crippen LogP contribution in [0, 0.1) is 0 Å². The minimum Gasteiger partial charge on any atom is -0.339 e. The first-order valence-corrected chi connectivity index (χ1v) is 3.77. The molecule has 0 aromatic heterocycles. The highest BCUT2D eigenvalue weighted by Crippen LogP contribution is 2.22. The lowest BCUT2D eigenvalue weighted by Gasteiger charge is -2.25. The minimum atomic E-state index is -4.19. The van der Waals surface area contributed by atoms with Crippen LogP contribution in [-0.2, 0) is 0 Å². The molecule has 1 aliphatic rings. The van der Waals surface area contributed by atoms with Crippen LogP contribution in [-0.4, -0.2) is 17.6 Å². The van der Waals surface area contributed by atoms with E-state index in [-0.39, 0.29) is 0 Å². The Morgan fingerprint density at radius 2 is 2.00 bits per heavy atom. The number of rotatable bonds is 1. The minimum absolute atomic E-state index is 0.364. The van der Waals surface area contributed by atoms with Crippen LogP contribution in [0.5, 0.6) is 0 Å². The van der Waals surface area contributed by atoms with E-state index in [0.29, 0.717) is 5.70 Å². The molecule has 1 aliphatic heterocycles. The number of hydrogen-bond donors (Lipinski definition) is 0. The van der Waals surface area contributed by atoms with Crippen LogP contribution >= 0.6 is 0 Å². The molecule has 0 unspecified atom stereocenters. The van der Waals surface area contributed by atoms with Gasteiger partial charge in [-0.05, 0) is 18.6 Å². The Kier molecular flexibility index (Phi) is 2.50. The van der Waals surface area contributed by atoms with Crippen LogP contribution in [0.3, 0.4) is 0 Å². The second kappa shape index (κ2) is 3.28. The number of hydrogen-bond acceptors (Lipinski definition) is 1. The van der Waals surface area contributed by atoms with Crippen LogP contribution in [0.4, 0.5) is 13.2 Å². The highest BCUT2D eigenvalue weighted by atomic mass is 19.4. The molecular weight excluding hydrogens is 179 g/mol. The first-order valence-electron chi connectivity index (χ1n) is 3.77. The molecule has 0 amide bonds. The van der Waals surface area contributed by atoms with Gasteiger partial charge < -0.3 is 4.90 Å². The lowest BCUT2D eigenvalue weighted by atomic mass is 10.2. The molecule has 0 bridgehead atoms. The van der Waals surface area contributed by atoms with Crippen LogP contribution < -0.4 is 0 Å². The van der Waals surface area contributed by atoms with E-state index in [1.54, 1.807) is 19.1 Å². The zero-order valence-corrected chi connectivity index (χ0v) is 7.23. The highest BCUT2D eigenvalue weighted by Gasteiger charge is 2.30. The molecule has 1 nitrogen and oxygen atoms in total. The second-order valence-corrected chi connectivity index (χ2v) is 2.94.